The van der Waals surface area contributed by atoms with E-state index < -0.39 is 11.7 Å². The fourth-order valence-corrected chi connectivity index (χ4v) is 3.38. The van der Waals surface area contributed by atoms with E-state index in [-0.39, 0.29) is 12.0 Å². The molecule has 1 spiro atoms. The topological polar surface area (TPSA) is 70.1 Å². The minimum absolute atomic E-state index is 0.316. The molecule has 2 aliphatic heterocycles. The van der Waals surface area contributed by atoms with Gasteiger partial charge < -0.3 is 19.6 Å². The Morgan fingerprint density at radius 3 is 2.65 bits per heavy atom. The molecule has 0 unspecified atom stereocenters. The van der Waals surface area contributed by atoms with Crippen LogP contribution in [0.2, 0.25) is 5.02 Å². The quantitative estimate of drug-likeness (QED) is 0.893. The van der Waals surface area contributed by atoms with Crippen molar-refractivity contribution in [3.63, 3.8) is 0 Å². The van der Waals surface area contributed by atoms with Crippen molar-refractivity contribution in [2.75, 3.05) is 26.7 Å². The normalized spacial score (nSPS) is 21.4. The summed E-state index contributed by atoms with van der Waals surface area (Å²) in [5.74, 6) is -0.347. The number of aliphatic hydroxyl groups is 1. The first-order chi connectivity index (χ1) is 10.9. The highest BCUT2D eigenvalue weighted by atomic mass is 35.5. The van der Waals surface area contributed by atoms with Crippen molar-refractivity contribution >= 4 is 23.6 Å². The molecule has 2 heterocycles. The van der Waals surface area contributed by atoms with Gasteiger partial charge in [0, 0.05) is 38.0 Å². The van der Waals surface area contributed by atoms with Crippen LogP contribution in [0.4, 0.5) is 4.79 Å². The molecule has 1 atom stereocenters. The number of hydrogen-bond acceptors (Lipinski definition) is 4. The van der Waals surface area contributed by atoms with Gasteiger partial charge >= 0.3 is 6.09 Å². The summed E-state index contributed by atoms with van der Waals surface area (Å²) in [6.45, 7) is 1.46. The summed E-state index contributed by atoms with van der Waals surface area (Å²) in [6.07, 6.45) is -0.381. The van der Waals surface area contributed by atoms with E-state index in [0.717, 1.165) is 0 Å². The molecule has 2 amide bonds. The van der Waals surface area contributed by atoms with Crippen molar-refractivity contribution < 1.29 is 19.4 Å². The highest BCUT2D eigenvalue weighted by Crippen LogP contribution is 2.33. The van der Waals surface area contributed by atoms with Gasteiger partial charge in [0.05, 0.1) is 6.54 Å². The summed E-state index contributed by atoms with van der Waals surface area (Å²) in [6, 6.07) is 6.65. The van der Waals surface area contributed by atoms with Gasteiger partial charge in [0.1, 0.15) is 5.60 Å². The van der Waals surface area contributed by atoms with Gasteiger partial charge in [-0.1, -0.05) is 23.7 Å². The van der Waals surface area contributed by atoms with Crippen molar-refractivity contribution in [1.82, 2.24) is 9.80 Å². The fraction of sp³-hybridized carbons (Fsp3) is 0.500. The number of carbonyl (C=O) groups is 2. The Morgan fingerprint density at radius 1 is 1.39 bits per heavy atom. The van der Waals surface area contributed by atoms with Crippen LogP contribution >= 0.6 is 11.6 Å². The molecular formula is C16H19ClN2O4. The lowest BCUT2D eigenvalue weighted by molar-refractivity contribution is -0.143. The number of piperidine rings is 1. The molecule has 3 rings (SSSR count). The van der Waals surface area contributed by atoms with Crippen LogP contribution in [0, 0.1) is 0 Å². The van der Waals surface area contributed by atoms with Crippen LogP contribution in [-0.4, -0.2) is 59.2 Å². The van der Waals surface area contributed by atoms with Crippen molar-refractivity contribution in [2.45, 2.75) is 24.5 Å². The Labute approximate surface area is 139 Å². The minimum atomic E-state index is -1.23. The maximum absolute atomic E-state index is 12.5. The number of benzene rings is 1. The molecule has 23 heavy (non-hydrogen) atoms. The third-order valence-electron chi connectivity index (χ3n) is 4.53. The maximum atomic E-state index is 12.5. The Bertz CT molecular complexity index is 628. The predicted molar refractivity (Wildman–Crippen MR) is 84.1 cm³/mol. The van der Waals surface area contributed by atoms with Gasteiger partial charge in [-0.2, -0.15) is 0 Å². The van der Waals surface area contributed by atoms with E-state index in [1.807, 2.05) is 0 Å². The summed E-state index contributed by atoms with van der Waals surface area (Å²) < 4.78 is 5.46. The zero-order valence-corrected chi connectivity index (χ0v) is 13.6. The Kier molecular flexibility index (Phi) is 4.21. The molecule has 7 heteroatoms. The van der Waals surface area contributed by atoms with Gasteiger partial charge in [-0.3, -0.25) is 4.79 Å². The molecule has 0 radical (unpaired) electrons. The Morgan fingerprint density at radius 2 is 2.09 bits per heavy atom. The summed E-state index contributed by atoms with van der Waals surface area (Å²) in [7, 11) is 1.71. The third-order valence-corrected chi connectivity index (χ3v) is 4.76. The molecule has 1 aromatic carbocycles. The van der Waals surface area contributed by atoms with Crippen LogP contribution in [0.25, 0.3) is 0 Å². The number of aliphatic hydroxyl groups excluding tert-OH is 1. The second kappa shape index (κ2) is 6.02. The van der Waals surface area contributed by atoms with Gasteiger partial charge in [0.25, 0.3) is 5.91 Å². The number of hydrogen-bond donors (Lipinski definition) is 1. The van der Waals surface area contributed by atoms with Crippen LogP contribution < -0.4 is 0 Å². The molecule has 0 saturated carbocycles. The lowest BCUT2D eigenvalue weighted by Gasteiger charge is -2.38. The Hall–Kier alpha value is -1.79. The SMILES string of the molecule is CN1CC2(CCN(C(=O)[C@H](O)c3cccc(Cl)c3)CC2)OC1=O. The second-order valence-corrected chi connectivity index (χ2v) is 6.63. The smallest absolute Gasteiger partial charge is 0.410 e. The average molecular weight is 339 g/mol. The van der Waals surface area contributed by atoms with Crippen molar-refractivity contribution in [1.29, 1.82) is 0 Å². The number of rotatable bonds is 2. The number of nitrogens with zero attached hydrogens (tertiary/aromatic N) is 2. The van der Waals surface area contributed by atoms with Crippen molar-refractivity contribution in [2.24, 2.45) is 0 Å². The Balaban J connectivity index is 1.63. The third kappa shape index (κ3) is 3.14. The van der Waals surface area contributed by atoms with Gasteiger partial charge in [-0.15, -0.1) is 0 Å². The average Bonchev–Trinajstić information content (AvgIpc) is 2.80. The molecule has 0 aromatic heterocycles. The van der Waals surface area contributed by atoms with E-state index in [1.54, 1.807) is 41.1 Å². The number of halogens is 1. The van der Waals surface area contributed by atoms with E-state index in [1.165, 1.54) is 0 Å². The molecule has 0 bridgehead atoms. The van der Waals surface area contributed by atoms with Crippen LogP contribution in [0.3, 0.4) is 0 Å². The van der Waals surface area contributed by atoms with Gasteiger partial charge in [0.15, 0.2) is 6.10 Å². The molecule has 0 aliphatic carbocycles. The second-order valence-electron chi connectivity index (χ2n) is 6.19. The van der Waals surface area contributed by atoms with E-state index in [2.05, 4.69) is 0 Å². The molecule has 124 valence electrons. The van der Waals surface area contributed by atoms with Crippen LogP contribution in [0.1, 0.15) is 24.5 Å². The van der Waals surface area contributed by atoms with Gasteiger partial charge in [0.2, 0.25) is 0 Å². The standard InChI is InChI=1S/C16H19ClN2O4/c1-18-10-16(23-15(18)22)5-7-19(8-6-16)14(21)13(20)11-3-2-4-12(17)9-11/h2-4,9,13,20H,5-8,10H2,1H3/t13-/m1/s1. The molecule has 2 saturated heterocycles. The zero-order valence-electron chi connectivity index (χ0n) is 12.9. The molecule has 6 nitrogen and oxygen atoms in total. The number of likely N-dealkylation sites (N-methyl/N-ethyl adjacent to an activating group) is 1. The number of amides is 2. The van der Waals surface area contributed by atoms with Crippen LogP contribution in [-0.2, 0) is 9.53 Å². The van der Waals surface area contributed by atoms with Crippen LogP contribution in [0.15, 0.2) is 24.3 Å². The van der Waals surface area contributed by atoms with Crippen molar-refractivity contribution in [3.8, 4) is 0 Å². The number of carbonyl (C=O) groups excluding carboxylic acids is 2. The first-order valence-corrected chi connectivity index (χ1v) is 7.94. The lowest BCUT2D eigenvalue weighted by Crippen LogP contribution is -2.49. The fourth-order valence-electron chi connectivity index (χ4n) is 3.18. The highest BCUT2D eigenvalue weighted by Gasteiger charge is 2.46. The van der Waals surface area contributed by atoms with Crippen LogP contribution in [0.5, 0.6) is 0 Å². The van der Waals surface area contributed by atoms with Gasteiger partial charge in [-0.05, 0) is 17.7 Å². The minimum Gasteiger partial charge on any atom is -0.441 e. The first kappa shape index (κ1) is 16.1. The molecule has 2 aliphatic rings. The van der Waals surface area contributed by atoms with Crippen molar-refractivity contribution in [3.05, 3.63) is 34.9 Å². The van der Waals surface area contributed by atoms with E-state index in [0.29, 0.717) is 43.1 Å². The molecule has 1 N–H and O–H groups in total. The summed E-state index contributed by atoms with van der Waals surface area (Å²) in [5, 5.41) is 10.7. The number of likely N-dealkylation sites (tertiary alicyclic amines) is 1. The molecular weight excluding hydrogens is 320 g/mol. The number of ether oxygens (including phenoxy) is 1. The summed E-state index contributed by atoms with van der Waals surface area (Å²) >= 11 is 5.90. The van der Waals surface area contributed by atoms with E-state index in [4.69, 9.17) is 16.3 Å². The zero-order chi connectivity index (χ0) is 16.6. The lowest BCUT2D eigenvalue weighted by atomic mass is 9.91. The first-order valence-electron chi connectivity index (χ1n) is 7.57. The summed E-state index contributed by atoms with van der Waals surface area (Å²) in [4.78, 5) is 27.2. The largest absolute Gasteiger partial charge is 0.441 e. The molecule has 1 aromatic rings. The highest BCUT2D eigenvalue weighted by molar-refractivity contribution is 6.30. The van der Waals surface area contributed by atoms with Gasteiger partial charge in [-0.25, -0.2) is 4.79 Å². The van der Waals surface area contributed by atoms with E-state index in [9.17, 15) is 14.7 Å². The predicted octanol–water partition coefficient (Wildman–Crippen LogP) is 1.82. The summed E-state index contributed by atoms with van der Waals surface area (Å²) in [5.41, 5.74) is -0.0151. The van der Waals surface area contributed by atoms with E-state index >= 15 is 0 Å². The molecule has 2 fully saturated rings. The maximum Gasteiger partial charge on any atom is 0.410 e. The monoisotopic (exact) mass is 338 g/mol.